The van der Waals surface area contributed by atoms with Crippen molar-refractivity contribution in [2.75, 3.05) is 4.90 Å². The molecule has 2 heteroatoms. The summed E-state index contributed by atoms with van der Waals surface area (Å²) in [4.78, 5) is 2.40. The Labute approximate surface area is 281 Å². The Morgan fingerprint density at radius 2 is 1.19 bits per heavy atom. The highest BCUT2D eigenvalue weighted by Gasteiger charge is 2.18. The minimum Gasteiger partial charge on any atom is -0.311 e. The molecule has 9 rings (SSSR count). The second-order valence-electron chi connectivity index (χ2n) is 12.5. The molecule has 0 saturated heterocycles. The monoisotopic (exact) mass is 614 g/mol. The summed E-state index contributed by atoms with van der Waals surface area (Å²) < 4.78 is 2.39. The number of benzene rings is 7. The molecular weight excluding hydrogens is 581 g/mol. The summed E-state index contributed by atoms with van der Waals surface area (Å²) in [6.45, 7) is 0. The molecule has 0 amide bonds. The number of nitrogens with zero attached hydrogens (tertiary/aromatic N) is 2. The molecule has 0 unspecified atom stereocenters. The van der Waals surface area contributed by atoms with Crippen LogP contribution < -0.4 is 4.90 Å². The van der Waals surface area contributed by atoms with E-state index in [1.807, 2.05) is 0 Å². The molecule has 0 fully saturated rings. The van der Waals surface area contributed by atoms with Crippen molar-refractivity contribution >= 4 is 44.0 Å². The van der Waals surface area contributed by atoms with Crippen molar-refractivity contribution in [2.45, 2.75) is 12.8 Å². The Morgan fingerprint density at radius 3 is 2.06 bits per heavy atom. The molecular formula is C46H34N2. The predicted molar refractivity (Wildman–Crippen MR) is 204 cm³/mol. The van der Waals surface area contributed by atoms with Crippen LogP contribution in [0.3, 0.4) is 0 Å². The van der Waals surface area contributed by atoms with E-state index in [0.29, 0.717) is 0 Å². The van der Waals surface area contributed by atoms with Crippen molar-refractivity contribution in [3.05, 3.63) is 188 Å². The van der Waals surface area contributed by atoms with Gasteiger partial charge in [-0.15, -0.1) is 0 Å². The van der Waals surface area contributed by atoms with Crippen LogP contribution in [0.5, 0.6) is 0 Å². The Kier molecular flexibility index (Phi) is 6.98. The Hall–Kier alpha value is -6.12. The largest absolute Gasteiger partial charge is 0.311 e. The van der Waals surface area contributed by atoms with E-state index in [4.69, 9.17) is 0 Å². The molecule has 0 atom stereocenters. The van der Waals surface area contributed by atoms with Crippen LogP contribution in [-0.2, 0) is 0 Å². The van der Waals surface area contributed by atoms with Crippen LogP contribution in [0, 0.1) is 0 Å². The molecule has 0 saturated carbocycles. The van der Waals surface area contributed by atoms with Crippen LogP contribution in [0.15, 0.2) is 188 Å². The second-order valence-corrected chi connectivity index (χ2v) is 12.5. The maximum absolute atomic E-state index is 2.40. The molecule has 228 valence electrons. The maximum atomic E-state index is 2.40. The first-order chi connectivity index (χ1) is 23.8. The summed E-state index contributed by atoms with van der Waals surface area (Å²) in [5, 5.41) is 5.04. The van der Waals surface area contributed by atoms with Gasteiger partial charge >= 0.3 is 0 Å². The zero-order valence-electron chi connectivity index (χ0n) is 26.6. The van der Waals surface area contributed by atoms with E-state index in [1.54, 1.807) is 0 Å². The molecule has 2 nitrogen and oxygen atoms in total. The van der Waals surface area contributed by atoms with Gasteiger partial charge in [0.2, 0.25) is 0 Å². The van der Waals surface area contributed by atoms with Crippen molar-refractivity contribution in [1.82, 2.24) is 4.57 Å². The van der Waals surface area contributed by atoms with Crippen LogP contribution >= 0.6 is 0 Å². The van der Waals surface area contributed by atoms with E-state index in [9.17, 15) is 0 Å². The Bertz CT molecular complexity index is 2510. The lowest BCUT2D eigenvalue weighted by atomic mass is 9.95. The lowest BCUT2D eigenvalue weighted by molar-refractivity contribution is 0.997. The number of fused-ring (bicyclic) bond motifs is 4. The first kappa shape index (κ1) is 28.1. The summed E-state index contributed by atoms with van der Waals surface area (Å²) in [7, 11) is 0. The van der Waals surface area contributed by atoms with E-state index < -0.39 is 0 Å². The van der Waals surface area contributed by atoms with Crippen molar-refractivity contribution in [3.63, 3.8) is 0 Å². The maximum Gasteiger partial charge on any atom is 0.0547 e. The van der Waals surface area contributed by atoms with Crippen molar-refractivity contribution < 1.29 is 0 Å². The summed E-state index contributed by atoms with van der Waals surface area (Å²) in [5.74, 6) is 0. The number of para-hydroxylation sites is 2. The molecule has 0 spiro atoms. The van der Waals surface area contributed by atoms with E-state index in [-0.39, 0.29) is 0 Å². The van der Waals surface area contributed by atoms with Crippen LogP contribution in [0.25, 0.3) is 60.5 Å². The molecule has 0 radical (unpaired) electrons. The Balaban J connectivity index is 1.17. The van der Waals surface area contributed by atoms with Gasteiger partial charge in [0, 0.05) is 33.5 Å². The average Bonchev–Trinajstić information content (AvgIpc) is 3.50. The normalized spacial score (nSPS) is 12.9. The third-order valence-electron chi connectivity index (χ3n) is 9.55. The number of aromatic nitrogens is 1. The standard InChI is InChI=1S/C46H34N2/c1-3-19-38(20-4-1)47(41-29-28-33-14-7-8-15-35(33)31-41)40-23-12-17-36(32-40)34-16-11-18-37(30-34)42-25-13-27-45-46(42)43-24-9-10-26-44(43)48(45)39-21-5-2-6-22-39/h2-3,5-32H,1,4H2. The van der Waals surface area contributed by atoms with Crippen LogP contribution in [0.1, 0.15) is 12.8 Å². The van der Waals surface area contributed by atoms with Gasteiger partial charge in [-0.1, -0.05) is 121 Å². The lowest BCUT2D eigenvalue weighted by Gasteiger charge is -2.28. The molecule has 0 N–H and O–H groups in total. The number of anilines is 2. The smallest absolute Gasteiger partial charge is 0.0547 e. The van der Waals surface area contributed by atoms with Gasteiger partial charge in [0.15, 0.2) is 0 Å². The number of hydrogen-bond acceptors (Lipinski definition) is 1. The summed E-state index contributed by atoms with van der Waals surface area (Å²) in [5.41, 5.74) is 12.0. The third-order valence-corrected chi connectivity index (χ3v) is 9.55. The quantitative estimate of drug-likeness (QED) is 0.181. The van der Waals surface area contributed by atoms with Gasteiger partial charge in [-0.2, -0.15) is 0 Å². The van der Waals surface area contributed by atoms with Gasteiger partial charge < -0.3 is 9.47 Å². The van der Waals surface area contributed by atoms with E-state index in [2.05, 4.69) is 191 Å². The molecule has 48 heavy (non-hydrogen) atoms. The van der Waals surface area contributed by atoms with Crippen LogP contribution in [0.2, 0.25) is 0 Å². The molecule has 1 aromatic heterocycles. The minimum absolute atomic E-state index is 1.05. The molecule has 0 bridgehead atoms. The lowest BCUT2D eigenvalue weighted by Crippen LogP contribution is -2.16. The highest BCUT2D eigenvalue weighted by molar-refractivity contribution is 6.15. The first-order valence-electron chi connectivity index (χ1n) is 16.8. The zero-order valence-corrected chi connectivity index (χ0v) is 26.6. The van der Waals surface area contributed by atoms with E-state index >= 15 is 0 Å². The van der Waals surface area contributed by atoms with Crippen molar-refractivity contribution in [2.24, 2.45) is 0 Å². The molecule has 0 aliphatic heterocycles. The van der Waals surface area contributed by atoms with Gasteiger partial charge in [-0.25, -0.2) is 0 Å². The summed E-state index contributed by atoms with van der Waals surface area (Å²) in [6, 6.07) is 59.5. The van der Waals surface area contributed by atoms with Gasteiger partial charge in [-0.3, -0.25) is 0 Å². The Morgan fingerprint density at radius 1 is 0.479 bits per heavy atom. The number of rotatable bonds is 6. The van der Waals surface area contributed by atoms with E-state index in [0.717, 1.165) is 18.5 Å². The first-order valence-corrected chi connectivity index (χ1v) is 16.8. The third kappa shape index (κ3) is 4.90. The van der Waals surface area contributed by atoms with Crippen molar-refractivity contribution in [1.29, 1.82) is 0 Å². The van der Waals surface area contributed by atoms with Gasteiger partial charge in [0.05, 0.1) is 11.0 Å². The fourth-order valence-electron chi connectivity index (χ4n) is 7.33. The number of hydrogen-bond donors (Lipinski definition) is 0. The van der Waals surface area contributed by atoms with E-state index in [1.165, 1.54) is 71.9 Å². The van der Waals surface area contributed by atoms with Gasteiger partial charge in [0.25, 0.3) is 0 Å². The fraction of sp³-hybridized carbons (Fsp3) is 0.0435. The average molecular weight is 615 g/mol. The van der Waals surface area contributed by atoms with Crippen LogP contribution in [-0.4, -0.2) is 4.57 Å². The topological polar surface area (TPSA) is 8.17 Å². The van der Waals surface area contributed by atoms with Crippen LogP contribution in [0.4, 0.5) is 11.4 Å². The molecule has 7 aromatic carbocycles. The second kappa shape index (κ2) is 11.9. The highest BCUT2D eigenvalue weighted by atomic mass is 15.1. The number of allylic oxidation sites excluding steroid dienone is 3. The predicted octanol–water partition coefficient (Wildman–Crippen LogP) is 12.6. The van der Waals surface area contributed by atoms with Crippen molar-refractivity contribution in [3.8, 4) is 27.9 Å². The van der Waals surface area contributed by atoms with Gasteiger partial charge in [0.1, 0.15) is 0 Å². The SMILES string of the molecule is C1=CC(N(c2cccc(-c3cccc(-c4cccc5c4c4ccccc4n5-c4ccccc4)c3)c2)c2ccc3ccccc3c2)=CCC1. The highest BCUT2D eigenvalue weighted by Crippen LogP contribution is 2.40. The minimum atomic E-state index is 1.05. The molecule has 1 aliphatic rings. The molecule has 8 aromatic rings. The summed E-state index contributed by atoms with van der Waals surface area (Å²) >= 11 is 0. The fourth-order valence-corrected chi connectivity index (χ4v) is 7.33. The zero-order chi connectivity index (χ0) is 31.9. The molecule has 1 heterocycles. The summed E-state index contributed by atoms with van der Waals surface area (Å²) in [6.07, 6.45) is 9.03. The molecule has 1 aliphatic carbocycles. The van der Waals surface area contributed by atoms with Gasteiger partial charge in [-0.05, 0) is 107 Å².